The van der Waals surface area contributed by atoms with Gasteiger partial charge in [-0.25, -0.2) is 0 Å². The Morgan fingerprint density at radius 3 is 2.72 bits per heavy atom. The van der Waals surface area contributed by atoms with Crippen LogP contribution in [0.1, 0.15) is 13.8 Å². The van der Waals surface area contributed by atoms with Crippen molar-refractivity contribution in [3.05, 3.63) is 12.7 Å². The van der Waals surface area contributed by atoms with Crippen molar-refractivity contribution in [2.24, 2.45) is 5.73 Å². The molecule has 0 spiro atoms. The summed E-state index contributed by atoms with van der Waals surface area (Å²) in [6.07, 6.45) is 0.00648. The summed E-state index contributed by atoms with van der Waals surface area (Å²) in [6.45, 7) is 7.44. The van der Waals surface area contributed by atoms with E-state index < -0.39 is 24.2 Å². The number of aliphatic hydroxyl groups is 1. The molecule has 0 aromatic heterocycles. The van der Waals surface area contributed by atoms with Crippen LogP contribution in [0.4, 0.5) is 0 Å². The monoisotopic (exact) mass is 259 g/mol. The first-order valence-corrected chi connectivity index (χ1v) is 6.08. The van der Waals surface area contributed by atoms with Gasteiger partial charge in [0.2, 0.25) is 0 Å². The van der Waals surface area contributed by atoms with E-state index >= 15 is 0 Å². The Labute approximate surface area is 107 Å². The molecular formula is C12H21NO5. The highest BCUT2D eigenvalue weighted by Crippen LogP contribution is 2.39. The number of aliphatic hydroxyl groups excluding tert-OH is 1. The Kier molecular flexibility index (Phi) is 4.05. The second-order valence-corrected chi connectivity index (χ2v) is 5.00. The van der Waals surface area contributed by atoms with Gasteiger partial charge in [-0.15, -0.1) is 6.58 Å². The van der Waals surface area contributed by atoms with Crippen LogP contribution in [0, 0.1) is 0 Å². The molecular weight excluding hydrogens is 238 g/mol. The van der Waals surface area contributed by atoms with Gasteiger partial charge >= 0.3 is 0 Å². The molecule has 0 unspecified atom stereocenters. The largest absolute Gasteiger partial charge is 0.395 e. The molecule has 3 N–H and O–H groups in total. The third-order valence-corrected chi connectivity index (χ3v) is 3.06. The van der Waals surface area contributed by atoms with Crippen molar-refractivity contribution < 1.29 is 24.1 Å². The van der Waals surface area contributed by atoms with E-state index in [1.807, 2.05) is 13.8 Å². The smallest absolute Gasteiger partial charge is 0.187 e. The number of nitrogens with two attached hydrogens (primary N) is 1. The van der Waals surface area contributed by atoms with E-state index in [0.717, 1.165) is 0 Å². The maximum Gasteiger partial charge on any atom is 0.187 e. The van der Waals surface area contributed by atoms with E-state index in [4.69, 9.17) is 29.8 Å². The lowest BCUT2D eigenvalue weighted by Crippen LogP contribution is -2.45. The minimum absolute atomic E-state index is 0.175. The average molecular weight is 259 g/mol. The SMILES string of the molecule is C=CCO[C@@H]1O[C@H]([C@H](N)CO)[C@H]2OC(C)(C)O[C@@H]12. The van der Waals surface area contributed by atoms with Crippen LogP contribution in [-0.2, 0) is 18.9 Å². The summed E-state index contributed by atoms with van der Waals surface area (Å²) in [5.41, 5.74) is 5.83. The van der Waals surface area contributed by atoms with Crippen LogP contribution in [0.25, 0.3) is 0 Å². The molecule has 0 saturated carbocycles. The normalized spacial score (nSPS) is 39.6. The summed E-state index contributed by atoms with van der Waals surface area (Å²) >= 11 is 0. The van der Waals surface area contributed by atoms with Crippen LogP contribution in [0.15, 0.2) is 12.7 Å². The second kappa shape index (κ2) is 5.24. The Hall–Kier alpha value is -0.500. The van der Waals surface area contributed by atoms with Crippen molar-refractivity contribution in [1.29, 1.82) is 0 Å². The minimum atomic E-state index is -0.692. The fraction of sp³-hybridized carbons (Fsp3) is 0.833. The lowest BCUT2D eigenvalue weighted by atomic mass is 10.1. The second-order valence-electron chi connectivity index (χ2n) is 5.00. The van der Waals surface area contributed by atoms with E-state index in [1.54, 1.807) is 6.08 Å². The molecule has 6 heteroatoms. The van der Waals surface area contributed by atoms with Gasteiger partial charge < -0.3 is 29.8 Å². The lowest BCUT2D eigenvalue weighted by Gasteiger charge is -2.26. The van der Waals surface area contributed by atoms with Gasteiger partial charge in [-0.3, -0.25) is 0 Å². The van der Waals surface area contributed by atoms with Gasteiger partial charge in [0.05, 0.1) is 19.3 Å². The molecule has 0 radical (unpaired) electrons. The van der Waals surface area contributed by atoms with E-state index in [0.29, 0.717) is 6.61 Å². The molecule has 0 aromatic rings. The molecule has 2 fully saturated rings. The average Bonchev–Trinajstić information content (AvgIpc) is 2.79. The van der Waals surface area contributed by atoms with Crippen molar-refractivity contribution in [2.75, 3.05) is 13.2 Å². The fourth-order valence-corrected chi connectivity index (χ4v) is 2.34. The third-order valence-electron chi connectivity index (χ3n) is 3.06. The summed E-state index contributed by atoms with van der Waals surface area (Å²) in [5.74, 6) is -0.692. The molecule has 2 aliphatic heterocycles. The summed E-state index contributed by atoms with van der Waals surface area (Å²) < 4.78 is 22.7. The molecule has 104 valence electrons. The number of ether oxygens (including phenoxy) is 4. The molecule has 18 heavy (non-hydrogen) atoms. The Morgan fingerprint density at radius 1 is 1.44 bits per heavy atom. The van der Waals surface area contributed by atoms with Crippen LogP contribution >= 0.6 is 0 Å². The molecule has 0 amide bonds. The first kappa shape index (κ1) is 13.9. The van der Waals surface area contributed by atoms with Gasteiger partial charge in [-0.05, 0) is 13.8 Å². The molecule has 5 atom stereocenters. The maximum absolute atomic E-state index is 9.15. The highest BCUT2D eigenvalue weighted by atomic mass is 16.8. The summed E-state index contributed by atoms with van der Waals surface area (Å²) in [4.78, 5) is 0. The molecule has 0 aliphatic carbocycles. The number of rotatable bonds is 5. The first-order chi connectivity index (χ1) is 8.48. The Balaban J connectivity index is 2.09. The standard InChI is InChI=1S/C12H21NO5/c1-4-5-15-11-10-9(17-12(2,3)18-10)8(16-11)7(13)6-14/h4,7-11,14H,1,5-6,13H2,2-3H3/t7-,8-,9-,10-,11-/m1/s1. The predicted octanol–water partition coefficient (Wildman–Crippen LogP) is -0.246. The highest BCUT2D eigenvalue weighted by Gasteiger charge is 2.57. The number of hydrogen-bond donors (Lipinski definition) is 2. The van der Waals surface area contributed by atoms with Crippen LogP contribution in [0.5, 0.6) is 0 Å². The Bertz CT molecular complexity index is 309. The van der Waals surface area contributed by atoms with E-state index in [-0.39, 0.29) is 18.8 Å². The molecule has 6 nitrogen and oxygen atoms in total. The van der Waals surface area contributed by atoms with Crippen LogP contribution in [0.2, 0.25) is 0 Å². The van der Waals surface area contributed by atoms with Gasteiger partial charge in [0.15, 0.2) is 12.1 Å². The Morgan fingerprint density at radius 2 is 2.11 bits per heavy atom. The van der Waals surface area contributed by atoms with E-state index in [1.165, 1.54) is 0 Å². The number of fused-ring (bicyclic) bond motifs is 1. The molecule has 0 bridgehead atoms. The van der Waals surface area contributed by atoms with Crippen LogP contribution in [0.3, 0.4) is 0 Å². The topological polar surface area (TPSA) is 83.2 Å². The van der Waals surface area contributed by atoms with Crippen molar-refractivity contribution in [1.82, 2.24) is 0 Å². The zero-order valence-corrected chi connectivity index (χ0v) is 10.7. The van der Waals surface area contributed by atoms with E-state index in [2.05, 4.69) is 6.58 Å². The van der Waals surface area contributed by atoms with Gasteiger partial charge in [0, 0.05) is 0 Å². The van der Waals surface area contributed by atoms with Gasteiger partial charge in [-0.1, -0.05) is 6.08 Å². The van der Waals surface area contributed by atoms with Crippen LogP contribution in [-0.4, -0.2) is 54.8 Å². The highest BCUT2D eigenvalue weighted by molar-refractivity contribution is 4.99. The van der Waals surface area contributed by atoms with Crippen LogP contribution < -0.4 is 5.73 Å². The fourth-order valence-electron chi connectivity index (χ4n) is 2.34. The molecule has 2 heterocycles. The lowest BCUT2D eigenvalue weighted by molar-refractivity contribution is -0.233. The zero-order valence-electron chi connectivity index (χ0n) is 10.7. The van der Waals surface area contributed by atoms with Crippen molar-refractivity contribution >= 4 is 0 Å². The van der Waals surface area contributed by atoms with E-state index in [9.17, 15) is 0 Å². The molecule has 2 saturated heterocycles. The third kappa shape index (κ3) is 2.59. The zero-order chi connectivity index (χ0) is 13.3. The first-order valence-electron chi connectivity index (χ1n) is 6.08. The molecule has 0 aromatic carbocycles. The molecule has 2 rings (SSSR count). The number of hydrogen-bond acceptors (Lipinski definition) is 6. The van der Waals surface area contributed by atoms with Gasteiger partial charge in [0.25, 0.3) is 0 Å². The molecule has 2 aliphatic rings. The minimum Gasteiger partial charge on any atom is -0.395 e. The van der Waals surface area contributed by atoms with Gasteiger partial charge in [-0.2, -0.15) is 0 Å². The summed E-state index contributed by atoms with van der Waals surface area (Å²) in [7, 11) is 0. The van der Waals surface area contributed by atoms with Crippen molar-refractivity contribution in [3.8, 4) is 0 Å². The summed E-state index contributed by atoms with van der Waals surface area (Å²) in [6, 6.07) is -0.521. The quantitative estimate of drug-likeness (QED) is 0.663. The van der Waals surface area contributed by atoms with Gasteiger partial charge in [0.1, 0.15) is 18.3 Å². The van der Waals surface area contributed by atoms with Crippen molar-refractivity contribution in [3.63, 3.8) is 0 Å². The van der Waals surface area contributed by atoms with Crippen molar-refractivity contribution in [2.45, 2.75) is 50.3 Å². The maximum atomic E-state index is 9.15. The summed E-state index contributed by atoms with van der Waals surface area (Å²) in [5, 5.41) is 9.15. The predicted molar refractivity (Wildman–Crippen MR) is 63.7 cm³/mol.